The second-order valence-electron chi connectivity index (χ2n) is 4.91. The van der Waals surface area contributed by atoms with Gasteiger partial charge in [0.25, 0.3) is 0 Å². The van der Waals surface area contributed by atoms with Crippen LogP contribution in [0.3, 0.4) is 0 Å². The molecule has 0 spiro atoms. The van der Waals surface area contributed by atoms with Crippen LogP contribution in [0.5, 0.6) is 0 Å². The van der Waals surface area contributed by atoms with Gasteiger partial charge in [-0.15, -0.1) is 0 Å². The van der Waals surface area contributed by atoms with Crippen LogP contribution in [0.25, 0.3) is 11.1 Å². The van der Waals surface area contributed by atoms with Crippen LogP contribution in [-0.4, -0.2) is 24.1 Å². The molecule has 0 heterocycles. The predicted octanol–water partition coefficient (Wildman–Crippen LogP) is 2.64. The van der Waals surface area contributed by atoms with Crippen molar-refractivity contribution in [3.63, 3.8) is 0 Å². The summed E-state index contributed by atoms with van der Waals surface area (Å²) < 4.78 is 4.89. The molecule has 2 aromatic carbocycles. The highest BCUT2D eigenvalue weighted by molar-refractivity contribution is 6.22. The Balaban J connectivity index is 1.99. The van der Waals surface area contributed by atoms with Crippen molar-refractivity contribution in [2.24, 2.45) is 0 Å². The first-order valence-electron chi connectivity index (χ1n) is 6.52. The quantitative estimate of drug-likeness (QED) is 0.692. The first-order chi connectivity index (χ1) is 10.1. The number of hydrogen-bond acceptors (Lipinski definition) is 4. The summed E-state index contributed by atoms with van der Waals surface area (Å²) in [5, 5.41) is 0. The molecule has 0 aliphatic heterocycles. The Hall–Kier alpha value is -2.75. The number of Topliss-reactive ketones (excluding diaryl/α,β-unsaturated/α-hetero) is 1. The summed E-state index contributed by atoms with van der Waals surface area (Å²) in [6.07, 6.45) is 0. The Morgan fingerprint density at radius 2 is 1.62 bits per heavy atom. The Morgan fingerprint density at radius 1 is 0.952 bits per heavy atom. The summed E-state index contributed by atoms with van der Waals surface area (Å²) in [7, 11) is 0. The van der Waals surface area contributed by atoms with E-state index in [9.17, 15) is 14.4 Å². The third kappa shape index (κ3) is 2.25. The highest BCUT2D eigenvalue weighted by Gasteiger charge is 2.27. The number of esters is 1. The van der Waals surface area contributed by atoms with Gasteiger partial charge < -0.3 is 4.74 Å². The molecule has 104 valence electrons. The van der Waals surface area contributed by atoms with Crippen LogP contribution in [-0.2, 0) is 9.53 Å². The number of hydrogen-bond donors (Lipinski definition) is 0. The van der Waals surface area contributed by atoms with Gasteiger partial charge in [0.05, 0.1) is 5.56 Å². The fraction of sp³-hybridized carbons (Fsp3) is 0.118. The number of ketones is 2. The summed E-state index contributed by atoms with van der Waals surface area (Å²) >= 11 is 0. The lowest BCUT2D eigenvalue weighted by Crippen LogP contribution is -2.11. The molecule has 3 rings (SSSR count). The van der Waals surface area contributed by atoms with E-state index in [0.29, 0.717) is 16.7 Å². The van der Waals surface area contributed by atoms with Crippen molar-refractivity contribution in [1.29, 1.82) is 0 Å². The molecule has 2 aromatic rings. The number of carbonyl (C=O) groups excluding carboxylic acids is 3. The molecular weight excluding hydrogens is 268 g/mol. The van der Waals surface area contributed by atoms with E-state index in [2.05, 4.69) is 0 Å². The summed E-state index contributed by atoms with van der Waals surface area (Å²) in [4.78, 5) is 35.0. The molecule has 1 aliphatic rings. The maximum Gasteiger partial charge on any atom is 0.338 e. The van der Waals surface area contributed by atoms with Gasteiger partial charge in [-0.2, -0.15) is 0 Å². The normalized spacial score (nSPS) is 11.8. The van der Waals surface area contributed by atoms with Crippen molar-refractivity contribution < 1.29 is 19.1 Å². The minimum Gasteiger partial charge on any atom is -0.454 e. The van der Waals surface area contributed by atoms with Crippen LogP contribution in [0.4, 0.5) is 0 Å². The minimum atomic E-state index is -0.565. The molecule has 1 aliphatic carbocycles. The number of carbonyl (C=O) groups is 3. The molecular formula is C17H12O4. The Kier molecular flexibility index (Phi) is 3.14. The van der Waals surface area contributed by atoms with Crippen LogP contribution in [0.15, 0.2) is 42.5 Å². The maximum atomic E-state index is 12.2. The van der Waals surface area contributed by atoms with E-state index in [4.69, 9.17) is 4.74 Å². The van der Waals surface area contributed by atoms with Gasteiger partial charge in [-0.25, -0.2) is 4.79 Å². The molecule has 4 nitrogen and oxygen atoms in total. The van der Waals surface area contributed by atoms with Gasteiger partial charge in [0.15, 0.2) is 11.6 Å². The average molecular weight is 280 g/mol. The fourth-order valence-corrected chi connectivity index (χ4v) is 2.40. The molecule has 0 bridgehead atoms. The fourth-order valence-electron chi connectivity index (χ4n) is 2.40. The second-order valence-corrected chi connectivity index (χ2v) is 4.91. The van der Waals surface area contributed by atoms with Crippen molar-refractivity contribution in [3.05, 3.63) is 59.2 Å². The van der Waals surface area contributed by atoms with Crippen molar-refractivity contribution in [3.8, 4) is 11.1 Å². The lowest BCUT2D eigenvalue weighted by Gasteiger charge is -2.05. The van der Waals surface area contributed by atoms with E-state index in [1.54, 1.807) is 24.3 Å². The van der Waals surface area contributed by atoms with Crippen molar-refractivity contribution >= 4 is 17.5 Å². The highest BCUT2D eigenvalue weighted by atomic mass is 16.5. The maximum absolute atomic E-state index is 12.2. The average Bonchev–Trinajstić information content (AvgIpc) is 2.78. The second kappa shape index (κ2) is 4.98. The van der Waals surface area contributed by atoms with Crippen LogP contribution in [0, 0.1) is 0 Å². The molecule has 0 unspecified atom stereocenters. The lowest BCUT2D eigenvalue weighted by atomic mass is 10.0. The van der Waals surface area contributed by atoms with Crippen molar-refractivity contribution in [2.45, 2.75) is 6.92 Å². The largest absolute Gasteiger partial charge is 0.454 e. The van der Waals surface area contributed by atoms with Crippen LogP contribution in [0.2, 0.25) is 0 Å². The zero-order chi connectivity index (χ0) is 15.0. The molecule has 0 atom stereocenters. The summed E-state index contributed by atoms with van der Waals surface area (Å²) in [6.45, 7) is 1.11. The number of ether oxygens (including phenoxy) is 1. The number of benzene rings is 2. The molecule has 4 heteroatoms. The van der Waals surface area contributed by atoms with E-state index < -0.39 is 5.97 Å². The van der Waals surface area contributed by atoms with E-state index >= 15 is 0 Å². The third-order valence-electron chi connectivity index (χ3n) is 3.37. The monoisotopic (exact) mass is 280 g/mol. The summed E-state index contributed by atoms with van der Waals surface area (Å²) in [5.41, 5.74) is 3.10. The van der Waals surface area contributed by atoms with E-state index in [0.717, 1.165) is 11.1 Å². The zero-order valence-electron chi connectivity index (χ0n) is 11.4. The van der Waals surface area contributed by atoms with Crippen molar-refractivity contribution in [2.75, 3.05) is 6.61 Å². The van der Waals surface area contributed by atoms with Crippen molar-refractivity contribution in [1.82, 2.24) is 0 Å². The topological polar surface area (TPSA) is 60.4 Å². The van der Waals surface area contributed by atoms with E-state index in [1.165, 1.54) is 6.92 Å². The molecule has 0 fully saturated rings. The third-order valence-corrected chi connectivity index (χ3v) is 3.37. The molecule has 0 N–H and O–H groups in total. The van der Waals surface area contributed by atoms with Gasteiger partial charge in [0, 0.05) is 11.1 Å². The first kappa shape index (κ1) is 13.2. The number of rotatable bonds is 3. The molecule has 0 saturated heterocycles. The van der Waals surface area contributed by atoms with Gasteiger partial charge in [-0.3, -0.25) is 9.59 Å². The lowest BCUT2D eigenvalue weighted by molar-refractivity contribution is -0.120. The van der Waals surface area contributed by atoms with Crippen LogP contribution in [0.1, 0.15) is 33.2 Å². The molecule has 21 heavy (non-hydrogen) atoms. The Bertz CT molecular complexity index is 774. The van der Waals surface area contributed by atoms with Gasteiger partial charge in [0.1, 0.15) is 6.61 Å². The van der Waals surface area contributed by atoms with Gasteiger partial charge >= 0.3 is 5.97 Å². The number of fused-ring (bicyclic) bond motifs is 3. The predicted molar refractivity (Wildman–Crippen MR) is 76.3 cm³/mol. The minimum absolute atomic E-state index is 0.0377. The Morgan fingerprint density at radius 3 is 2.33 bits per heavy atom. The first-order valence-corrected chi connectivity index (χ1v) is 6.52. The van der Waals surface area contributed by atoms with E-state index in [-0.39, 0.29) is 18.2 Å². The standard InChI is InChI=1S/C17H12O4/c1-10(18)9-21-17(20)11-6-7-14-15(8-11)12-4-2-3-5-13(12)16(14)19/h2-8H,9H2,1H3. The Labute approximate surface area is 121 Å². The molecule has 0 saturated carbocycles. The van der Waals surface area contributed by atoms with Gasteiger partial charge in [-0.1, -0.05) is 24.3 Å². The van der Waals surface area contributed by atoms with Gasteiger partial charge in [-0.05, 0) is 36.2 Å². The van der Waals surface area contributed by atoms with E-state index in [1.807, 2.05) is 18.2 Å². The zero-order valence-corrected chi connectivity index (χ0v) is 11.4. The summed E-state index contributed by atoms with van der Waals surface area (Å²) in [6, 6.07) is 12.1. The highest BCUT2D eigenvalue weighted by Crippen LogP contribution is 2.36. The molecule has 0 aromatic heterocycles. The summed E-state index contributed by atoms with van der Waals surface area (Å²) in [5.74, 6) is -0.820. The van der Waals surface area contributed by atoms with Crippen LogP contribution >= 0.6 is 0 Å². The SMILES string of the molecule is CC(=O)COC(=O)c1ccc2c(c1)-c1ccccc1C2=O. The molecule has 0 radical (unpaired) electrons. The van der Waals surface area contributed by atoms with Crippen LogP contribution < -0.4 is 0 Å². The smallest absolute Gasteiger partial charge is 0.338 e. The van der Waals surface area contributed by atoms with Gasteiger partial charge in [0.2, 0.25) is 0 Å². The molecule has 0 amide bonds.